The van der Waals surface area contributed by atoms with Crippen molar-refractivity contribution in [2.24, 2.45) is 0 Å². The summed E-state index contributed by atoms with van der Waals surface area (Å²) in [5.74, 6) is -8.38. The quantitative estimate of drug-likeness (QED) is 0.0225. The number of rotatable bonds is 26. The largest absolute Gasteiger partial charge is 0.479 e. The van der Waals surface area contributed by atoms with Gasteiger partial charge in [0.1, 0.15) is 18.3 Å². The third-order valence-corrected chi connectivity index (χ3v) is 19.7. The summed E-state index contributed by atoms with van der Waals surface area (Å²) in [4.78, 5) is 88.9. The Balaban J connectivity index is 0.000000460. The van der Waals surface area contributed by atoms with Gasteiger partial charge in [0.25, 0.3) is 0 Å². The molecule has 648 valence electrons. The van der Waals surface area contributed by atoms with Gasteiger partial charge >= 0.3 is 41.8 Å². The van der Waals surface area contributed by atoms with Crippen LogP contribution in [0.25, 0.3) is 10.8 Å². The summed E-state index contributed by atoms with van der Waals surface area (Å²) in [6.07, 6.45) is -3.21. The first-order valence-electron chi connectivity index (χ1n) is 35.6. The molecule has 0 radical (unpaired) electrons. The molecule has 0 spiro atoms. The van der Waals surface area contributed by atoms with E-state index in [-0.39, 0.29) is 32.1 Å². The zero-order chi connectivity index (χ0) is 91.4. The number of aliphatic hydroxyl groups excluding tert-OH is 11. The number of thiophene rings is 6. The molecule has 0 saturated carbocycles. The van der Waals surface area contributed by atoms with Crippen molar-refractivity contribution >= 4 is 121 Å². The summed E-state index contributed by atoms with van der Waals surface area (Å²) in [5.41, 5.74) is 6.38. The van der Waals surface area contributed by atoms with Crippen LogP contribution in [0.1, 0.15) is 77.8 Å². The van der Waals surface area contributed by atoms with Gasteiger partial charge < -0.3 is 91.9 Å². The third kappa shape index (κ3) is 47.8. The van der Waals surface area contributed by atoms with E-state index in [1.54, 1.807) is 180 Å². The molecule has 12 rings (SSSR count). The molecule has 33 nitrogen and oxygen atoms in total. The second kappa shape index (κ2) is 62.4. The fraction of sp³-hybridized carbons (Fsp3) is 0.226. The Hall–Kier alpha value is -12.7. The van der Waals surface area contributed by atoms with E-state index in [2.05, 4.69) is 19.9 Å². The molecule has 0 aliphatic heterocycles. The van der Waals surface area contributed by atoms with Gasteiger partial charge in [-0.05, 0) is 166 Å². The first kappa shape index (κ1) is 106. The van der Waals surface area contributed by atoms with Gasteiger partial charge in [0.05, 0.1) is 24.3 Å². The van der Waals surface area contributed by atoms with Gasteiger partial charge in [-0.15, -0.1) is 34.0 Å². The lowest BCUT2D eigenvalue weighted by atomic mass is 10.00. The molecule has 10 heterocycles. The van der Waals surface area contributed by atoms with E-state index in [1.165, 1.54) is 56.7 Å². The van der Waals surface area contributed by atoms with Gasteiger partial charge in [0.2, 0.25) is 0 Å². The monoisotopic (exact) mass is 1800 g/mol. The van der Waals surface area contributed by atoms with Crippen LogP contribution in [-0.2, 0) is 84.9 Å². The number of carboxylic acids is 7. The van der Waals surface area contributed by atoms with Crippen LogP contribution in [0.5, 0.6) is 0 Å². The van der Waals surface area contributed by atoms with Crippen molar-refractivity contribution in [3.63, 3.8) is 0 Å². The van der Waals surface area contributed by atoms with E-state index in [1.807, 2.05) is 98.3 Å². The minimum Gasteiger partial charge on any atom is -0.479 e. The summed E-state index contributed by atoms with van der Waals surface area (Å²) in [5, 5.41) is 209. The van der Waals surface area contributed by atoms with Crippen molar-refractivity contribution in [3.05, 3.63) is 303 Å². The molecule has 0 bridgehead atoms. The molecule has 0 amide bonds. The highest BCUT2D eigenvalue weighted by Gasteiger charge is 2.20. The number of aromatic nitrogens is 4. The van der Waals surface area contributed by atoms with Gasteiger partial charge in [0.15, 0.2) is 48.8 Å². The molecular weight excluding hydrogens is 1710 g/mol. The highest BCUT2D eigenvalue weighted by molar-refractivity contribution is 7.10. The van der Waals surface area contributed by atoms with E-state index < -0.39 is 109 Å². The zero-order valence-electron chi connectivity index (χ0n) is 64.6. The normalized spacial score (nSPS) is 12.5. The van der Waals surface area contributed by atoms with Crippen molar-refractivity contribution in [2.75, 3.05) is 0 Å². The molecule has 0 saturated heterocycles. The maximum absolute atomic E-state index is 10.6. The van der Waals surface area contributed by atoms with E-state index in [9.17, 15) is 38.7 Å². The average molecular weight is 1800 g/mol. The van der Waals surface area contributed by atoms with Crippen molar-refractivity contribution in [1.82, 2.24) is 19.9 Å². The molecular formula is C84H86N8O25S6. The molecule has 4 unspecified atom stereocenters. The SMILES string of the molecule is N#CC(O)Cc1ccccn1.N#CC(O)Cc1cccnc1.N#CC(O)Cc1ccsc1.N#CC(O)c1cccs1.O=C(O)[C@@H](O)Cc1cccc2ccccc12.O=C(O)[C@@H](O)Cc1ccccn1.O=C(O)[C@@H](O)Cc1ccsc1.O=C(O)[C@@H](O)c1cccs1.O=C(O)[C@H](O)Cc1ccccn1.O=C(O)[C@H](O)Cc1ccsc1.O=C(O)[C@H](O)c1cccs1. The molecule has 123 heavy (non-hydrogen) atoms. The van der Waals surface area contributed by atoms with Crippen LogP contribution in [0.2, 0.25) is 0 Å². The number of hydrogen-bond donors (Lipinski definition) is 18. The van der Waals surface area contributed by atoms with Gasteiger partial charge in [-0.25, -0.2) is 33.6 Å². The Morgan fingerprint density at radius 2 is 0.659 bits per heavy atom. The number of benzene rings is 2. The highest BCUT2D eigenvalue weighted by Crippen LogP contribution is 2.22. The van der Waals surface area contributed by atoms with E-state index >= 15 is 0 Å². The van der Waals surface area contributed by atoms with Crippen LogP contribution < -0.4 is 0 Å². The molecule has 0 aliphatic carbocycles. The molecule has 18 N–H and O–H groups in total. The Labute approximate surface area is 727 Å². The lowest BCUT2D eigenvalue weighted by molar-refractivity contribution is -0.147. The summed E-state index contributed by atoms with van der Waals surface area (Å²) in [7, 11) is 0. The average Bonchev–Trinajstić information content (AvgIpc) is 1.82. The molecule has 12 aromatic rings. The predicted octanol–water partition coefficient (Wildman–Crippen LogP) is 8.67. The van der Waals surface area contributed by atoms with Gasteiger partial charge in [0, 0.05) is 114 Å². The number of nitrogens with zero attached hydrogens (tertiary/aromatic N) is 8. The van der Waals surface area contributed by atoms with Crippen molar-refractivity contribution in [2.45, 2.75) is 119 Å². The smallest absolute Gasteiger partial charge is 0.338 e. The summed E-state index contributed by atoms with van der Waals surface area (Å²) < 4.78 is 0. The van der Waals surface area contributed by atoms with Crippen LogP contribution in [-0.4, -0.2) is 202 Å². The lowest BCUT2D eigenvalue weighted by Crippen LogP contribution is -2.22. The van der Waals surface area contributed by atoms with Crippen LogP contribution in [0.3, 0.4) is 0 Å². The Morgan fingerprint density at radius 3 is 0.992 bits per heavy atom. The number of carboxylic acid groups (broad SMARTS) is 7. The Morgan fingerprint density at radius 1 is 0.309 bits per heavy atom. The topological polar surface area (TPSA) is 630 Å². The van der Waals surface area contributed by atoms with Crippen LogP contribution in [0, 0.1) is 45.3 Å². The number of aliphatic hydroxyl groups is 11. The third-order valence-electron chi connectivity index (χ3n) is 14.8. The highest BCUT2D eigenvalue weighted by atomic mass is 32.1. The van der Waals surface area contributed by atoms with Crippen LogP contribution in [0.4, 0.5) is 0 Å². The number of fused-ring (bicyclic) bond motifs is 1. The summed E-state index contributed by atoms with van der Waals surface area (Å²) in [6, 6.07) is 55.3. The number of hydrogen-bond acceptors (Lipinski definition) is 32. The van der Waals surface area contributed by atoms with E-state index in [4.69, 9.17) is 108 Å². The van der Waals surface area contributed by atoms with Crippen LogP contribution >= 0.6 is 68.0 Å². The molecule has 11 atom stereocenters. The minimum absolute atomic E-state index is 0.0518. The number of nitriles is 4. The van der Waals surface area contributed by atoms with Crippen molar-refractivity contribution in [3.8, 4) is 24.3 Å². The summed E-state index contributed by atoms with van der Waals surface area (Å²) in [6.45, 7) is 0. The van der Waals surface area contributed by atoms with Gasteiger partial charge in [-0.3, -0.25) is 19.9 Å². The number of carbonyl (C=O) groups is 7. The van der Waals surface area contributed by atoms with E-state index in [0.29, 0.717) is 45.3 Å². The minimum atomic E-state index is -1.36. The van der Waals surface area contributed by atoms with Gasteiger partial charge in [-0.1, -0.05) is 84.9 Å². The lowest BCUT2D eigenvalue weighted by Gasteiger charge is -2.08. The first-order chi connectivity index (χ1) is 58.7. The zero-order valence-corrected chi connectivity index (χ0v) is 69.5. The fourth-order valence-electron chi connectivity index (χ4n) is 8.69. The first-order valence-corrected chi connectivity index (χ1v) is 41.1. The number of pyridine rings is 4. The molecule has 0 aliphatic rings. The second-order valence-electron chi connectivity index (χ2n) is 24.3. The van der Waals surface area contributed by atoms with Gasteiger partial charge in [-0.2, -0.15) is 55.1 Å². The maximum Gasteiger partial charge on any atom is 0.338 e. The maximum atomic E-state index is 10.6. The van der Waals surface area contributed by atoms with Crippen molar-refractivity contribution in [1.29, 1.82) is 21.0 Å². The fourth-order valence-corrected chi connectivity index (χ4v) is 12.8. The van der Waals surface area contributed by atoms with E-state index in [0.717, 1.165) is 44.3 Å². The molecule has 10 aromatic heterocycles. The number of aliphatic carboxylic acids is 7. The standard InChI is InChI=1S/C13H12O3.2C8H8N2O.2C8H9NO3.C7H7NOS.2C7H8O3S.C6H5NOS.2C6H6O3S/c14-12(13(15)16)8-10-6-3-5-9-4-1-2-7-11(9)10;9-5-8(11)4-7-2-1-3-10-6-7;9-6-8(11)5-7-3-1-2-4-10-7;2*10-7(8(11)12)5-6-3-1-2-4-9-6;8-4-7(9)3-6-1-2-10-5-6;2*8-6(7(9)10)3-5-1-2-11-4-5;7-4-5(8)6-2-1-3-9-6;2*7-5(6(8)9)4-2-1-3-10-4/h1-7,12,14H,8H2,(H,15,16);1-3,6,8,11H,4H2;1-4,8,11H,5H2;2*1-4,7,10H,5H2,(H,11,12);1-2,5,7,9H,3H2;2*1-2,4,6,8H,3H2,(H,9,10);1-3,5,8H;2*1-3,5,7H,(H,8,9)/t12-;;;2*7-;;2*6-;;2*5-/m0..10.10.10/s1. The van der Waals surface area contributed by atoms with Crippen molar-refractivity contribution < 1.29 is 125 Å². The second-order valence-corrected chi connectivity index (χ2v) is 29.5. The molecule has 2 aromatic carbocycles. The Kier molecular flexibility index (Phi) is 54.0. The molecule has 0 fully saturated rings. The molecule has 39 heteroatoms. The predicted molar refractivity (Wildman–Crippen MR) is 455 cm³/mol. The van der Waals surface area contributed by atoms with Crippen LogP contribution in [0.15, 0.2) is 243 Å². The Bertz CT molecular complexity index is 4850. The summed E-state index contributed by atoms with van der Waals surface area (Å²) >= 11 is 8.39.